The summed E-state index contributed by atoms with van der Waals surface area (Å²) in [4.78, 5) is 34.4. The summed E-state index contributed by atoms with van der Waals surface area (Å²) in [6.07, 6.45) is 1.56. The van der Waals surface area contributed by atoms with E-state index in [9.17, 15) is 19.7 Å². The van der Waals surface area contributed by atoms with Crippen molar-refractivity contribution in [1.29, 1.82) is 0 Å². The summed E-state index contributed by atoms with van der Waals surface area (Å²) in [7, 11) is 1.51. The molecule has 31 heavy (non-hydrogen) atoms. The van der Waals surface area contributed by atoms with Gasteiger partial charge in [0.25, 0.3) is 11.6 Å². The van der Waals surface area contributed by atoms with Crippen molar-refractivity contribution < 1.29 is 28.7 Å². The average Bonchev–Trinajstić information content (AvgIpc) is 2.74. The number of non-ortho nitro benzene ring substituents is 1. The summed E-state index contributed by atoms with van der Waals surface area (Å²) in [6, 6.07) is 8.77. The molecule has 0 unspecified atom stereocenters. The lowest BCUT2D eigenvalue weighted by molar-refractivity contribution is -0.384. The second-order valence-corrected chi connectivity index (χ2v) is 6.57. The van der Waals surface area contributed by atoms with Crippen LogP contribution in [0.3, 0.4) is 0 Å². The zero-order chi connectivity index (χ0) is 23.0. The summed E-state index contributed by atoms with van der Waals surface area (Å²) >= 11 is 5.94. The molecule has 0 heterocycles. The number of esters is 1. The smallest absolute Gasteiger partial charge is 0.331 e. The lowest BCUT2D eigenvalue weighted by Gasteiger charge is -2.13. The Kier molecular flexibility index (Phi) is 8.39. The van der Waals surface area contributed by atoms with Gasteiger partial charge < -0.3 is 19.5 Å². The number of rotatable bonds is 9. The van der Waals surface area contributed by atoms with E-state index in [2.05, 4.69) is 5.32 Å². The van der Waals surface area contributed by atoms with E-state index in [1.807, 2.05) is 6.92 Å². The fourth-order valence-corrected chi connectivity index (χ4v) is 2.67. The van der Waals surface area contributed by atoms with E-state index in [1.54, 1.807) is 18.2 Å². The summed E-state index contributed by atoms with van der Waals surface area (Å²) in [5, 5.41) is 13.2. The Bertz CT molecular complexity index is 1010. The van der Waals surface area contributed by atoms with Crippen molar-refractivity contribution in [2.45, 2.75) is 20.0 Å². The van der Waals surface area contributed by atoms with E-state index < -0.39 is 22.9 Å². The van der Waals surface area contributed by atoms with Crippen molar-refractivity contribution in [3.63, 3.8) is 0 Å². The van der Waals surface area contributed by atoms with Crippen LogP contribution in [-0.2, 0) is 14.3 Å². The number of methoxy groups -OCH3 is 1. The Morgan fingerprint density at radius 2 is 1.97 bits per heavy atom. The minimum absolute atomic E-state index is 0.00887. The fourth-order valence-electron chi connectivity index (χ4n) is 2.45. The van der Waals surface area contributed by atoms with Crippen LogP contribution in [0.4, 0.5) is 11.4 Å². The molecule has 0 saturated heterocycles. The Morgan fingerprint density at radius 3 is 2.58 bits per heavy atom. The standard InChI is InChI=1S/C21H21ClN2O7/c1-4-30-18-9-5-14(11-19(18)29-3)6-10-20(25)31-13(2)21(26)23-17-8-7-15(24(27)28)12-16(17)22/h5-13H,4H2,1-3H3,(H,23,26)/b10-6+/t13-/m0/s1. The van der Waals surface area contributed by atoms with Gasteiger partial charge in [0, 0.05) is 18.2 Å². The summed E-state index contributed by atoms with van der Waals surface area (Å²) in [5.74, 6) is -0.268. The lowest BCUT2D eigenvalue weighted by Crippen LogP contribution is -2.29. The molecule has 10 heteroatoms. The third-order valence-electron chi connectivity index (χ3n) is 3.98. The predicted molar refractivity (Wildman–Crippen MR) is 115 cm³/mol. The highest BCUT2D eigenvalue weighted by atomic mass is 35.5. The number of carbonyl (C=O) groups is 2. The maximum atomic E-state index is 12.2. The fraction of sp³-hybridized carbons (Fsp3) is 0.238. The molecule has 2 aromatic carbocycles. The summed E-state index contributed by atoms with van der Waals surface area (Å²) in [5.41, 5.74) is 0.628. The Balaban J connectivity index is 1.97. The molecule has 0 saturated carbocycles. The van der Waals surface area contributed by atoms with Gasteiger partial charge in [-0.2, -0.15) is 0 Å². The SMILES string of the molecule is CCOc1ccc(/C=C/C(=O)O[C@@H](C)C(=O)Nc2ccc([N+](=O)[O-])cc2Cl)cc1OC. The minimum atomic E-state index is -1.13. The van der Waals surface area contributed by atoms with Crippen molar-refractivity contribution in [3.05, 3.63) is 63.2 Å². The van der Waals surface area contributed by atoms with Gasteiger partial charge in [-0.05, 0) is 43.7 Å². The monoisotopic (exact) mass is 448 g/mol. The van der Waals surface area contributed by atoms with Gasteiger partial charge >= 0.3 is 5.97 Å². The van der Waals surface area contributed by atoms with Gasteiger partial charge in [-0.25, -0.2) is 4.79 Å². The van der Waals surface area contributed by atoms with Gasteiger partial charge in [0.15, 0.2) is 17.6 Å². The van der Waals surface area contributed by atoms with Crippen LogP contribution in [0.25, 0.3) is 6.08 Å². The van der Waals surface area contributed by atoms with E-state index in [4.69, 9.17) is 25.8 Å². The molecule has 9 nitrogen and oxygen atoms in total. The van der Waals surface area contributed by atoms with Gasteiger partial charge in [-0.1, -0.05) is 17.7 Å². The Morgan fingerprint density at radius 1 is 1.23 bits per heavy atom. The molecule has 0 aliphatic rings. The molecule has 2 rings (SSSR count). The second kappa shape index (κ2) is 11.0. The molecule has 0 radical (unpaired) electrons. The molecular formula is C21H21ClN2O7. The summed E-state index contributed by atoms with van der Waals surface area (Å²) in [6.45, 7) is 3.74. The first kappa shape index (κ1) is 23.7. The molecule has 0 spiro atoms. The van der Waals surface area contributed by atoms with E-state index in [0.29, 0.717) is 23.7 Å². The molecule has 0 aliphatic heterocycles. The number of nitro groups is 1. The maximum Gasteiger partial charge on any atom is 0.331 e. The van der Waals surface area contributed by atoms with E-state index >= 15 is 0 Å². The predicted octanol–water partition coefficient (Wildman–Crippen LogP) is 4.24. The van der Waals surface area contributed by atoms with Crippen LogP contribution in [0, 0.1) is 10.1 Å². The molecule has 1 N–H and O–H groups in total. The van der Waals surface area contributed by atoms with E-state index in [0.717, 1.165) is 6.07 Å². The largest absolute Gasteiger partial charge is 0.493 e. The van der Waals surface area contributed by atoms with Gasteiger partial charge in [0.1, 0.15) is 0 Å². The van der Waals surface area contributed by atoms with Crippen LogP contribution in [-0.4, -0.2) is 36.6 Å². The highest BCUT2D eigenvalue weighted by Crippen LogP contribution is 2.29. The first-order valence-corrected chi connectivity index (χ1v) is 9.57. The molecular weight excluding hydrogens is 428 g/mol. The highest BCUT2D eigenvalue weighted by molar-refractivity contribution is 6.34. The number of amides is 1. The van der Waals surface area contributed by atoms with Crippen LogP contribution in [0.5, 0.6) is 11.5 Å². The zero-order valence-electron chi connectivity index (χ0n) is 17.1. The number of hydrogen-bond donors (Lipinski definition) is 1. The topological polar surface area (TPSA) is 117 Å². The molecule has 0 aliphatic carbocycles. The minimum Gasteiger partial charge on any atom is -0.493 e. The van der Waals surface area contributed by atoms with Gasteiger partial charge in [-0.3, -0.25) is 14.9 Å². The number of anilines is 1. The third kappa shape index (κ3) is 6.71. The first-order chi connectivity index (χ1) is 14.7. The molecule has 0 fully saturated rings. The number of halogens is 1. The van der Waals surface area contributed by atoms with Crippen LogP contribution in [0.1, 0.15) is 19.4 Å². The van der Waals surface area contributed by atoms with Crippen LogP contribution >= 0.6 is 11.6 Å². The Hall–Kier alpha value is -3.59. The lowest BCUT2D eigenvalue weighted by atomic mass is 10.2. The molecule has 0 bridgehead atoms. The zero-order valence-corrected chi connectivity index (χ0v) is 17.8. The second-order valence-electron chi connectivity index (χ2n) is 6.17. The van der Waals surface area contributed by atoms with Crippen molar-refractivity contribution in [1.82, 2.24) is 0 Å². The number of nitro benzene ring substituents is 1. The maximum absolute atomic E-state index is 12.2. The number of hydrogen-bond acceptors (Lipinski definition) is 7. The van der Waals surface area contributed by atoms with E-state index in [-0.39, 0.29) is 16.4 Å². The van der Waals surface area contributed by atoms with Crippen LogP contribution in [0.2, 0.25) is 5.02 Å². The normalized spacial score (nSPS) is 11.6. The number of benzene rings is 2. The summed E-state index contributed by atoms with van der Waals surface area (Å²) < 4.78 is 15.8. The van der Waals surface area contributed by atoms with Crippen molar-refractivity contribution in [3.8, 4) is 11.5 Å². The molecule has 1 atom stereocenters. The van der Waals surface area contributed by atoms with Crippen molar-refractivity contribution >= 4 is 40.9 Å². The van der Waals surface area contributed by atoms with Crippen molar-refractivity contribution in [2.75, 3.05) is 19.0 Å². The third-order valence-corrected chi connectivity index (χ3v) is 4.30. The quantitative estimate of drug-likeness (QED) is 0.264. The molecule has 1 amide bonds. The number of nitrogens with zero attached hydrogens (tertiary/aromatic N) is 1. The van der Waals surface area contributed by atoms with Crippen molar-refractivity contribution in [2.24, 2.45) is 0 Å². The molecule has 0 aromatic heterocycles. The first-order valence-electron chi connectivity index (χ1n) is 9.19. The Labute approximate surface area is 183 Å². The highest BCUT2D eigenvalue weighted by Gasteiger charge is 2.19. The van der Waals surface area contributed by atoms with Gasteiger partial charge in [0.2, 0.25) is 0 Å². The van der Waals surface area contributed by atoms with Crippen LogP contribution in [0.15, 0.2) is 42.5 Å². The van der Waals surface area contributed by atoms with Gasteiger partial charge in [-0.15, -0.1) is 0 Å². The van der Waals surface area contributed by atoms with E-state index in [1.165, 1.54) is 38.3 Å². The number of ether oxygens (including phenoxy) is 3. The number of carbonyl (C=O) groups excluding carboxylic acids is 2. The number of nitrogens with one attached hydrogen (secondary N) is 1. The molecule has 2 aromatic rings. The molecule has 164 valence electrons. The van der Waals surface area contributed by atoms with Crippen LogP contribution < -0.4 is 14.8 Å². The average molecular weight is 449 g/mol. The van der Waals surface area contributed by atoms with Gasteiger partial charge in [0.05, 0.1) is 29.4 Å².